The maximum Gasteiger partial charge on any atom is 0.308 e. The average molecular weight is 302 g/mol. The van der Waals surface area contributed by atoms with Gasteiger partial charge >= 0.3 is 5.97 Å². The predicted molar refractivity (Wildman–Crippen MR) is 79.2 cm³/mol. The summed E-state index contributed by atoms with van der Waals surface area (Å²) in [5.41, 5.74) is 1.76. The van der Waals surface area contributed by atoms with Crippen molar-refractivity contribution in [3.63, 3.8) is 0 Å². The second-order valence-corrected chi connectivity index (χ2v) is 5.83. The van der Waals surface area contributed by atoms with E-state index in [0.29, 0.717) is 13.0 Å². The first-order valence-corrected chi connectivity index (χ1v) is 7.44. The van der Waals surface area contributed by atoms with E-state index < -0.39 is 11.9 Å². The Kier molecular flexibility index (Phi) is 3.83. The minimum atomic E-state index is -0.924. The highest BCUT2D eigenvalue weighted by Crippen LogP contribution is 2.25. The summed E-state index contributed by atoms with van der Waals surface area (Å²) in [5, 5.41) is 9.01. The molecule has 2 aliphatic heterocycles. The first-order valence-electron chi connectivity index (χ1n) is 7.44. The highest BCUT2D eigenvalue weighted by molar-refractivity contribution is 5.95. The van der Waals surface area contributed by atoms with E-state index in [4.69, 9.17) is 5.11 Å². The van der Waals surface area contributed by atoms with Gasteiger partial charge in [-0.15, -0.1) is 0 Å². The van der Waals surface area contributed by atoms with Crippen LogP contribution in [0.2, 0.25) is 0 Å². The molecular formula is C16H18N2O4. The SMILES string of the molecule is O=C(O)[C@@H]1CC(=O)N(Cc2cccc(N3CCCC3=O)c2)C1. The highest BCUT2D eigenvalue weighted by atomic mass is 16.4. The van der Waals surface area contributed by atoms with E-state index in [1.807, 2.05) is 24.3 Å². The van der Waals surface area contributed by atoms with Crippen molar-refractivity contribution in [3.8, 4) is 0 Å². The standard InChI is InChI=1S/C16H18N2O4/c19-14-5-2-6-18(14)13-4-1-3-11(7-13)9-17-10-12(16(21)22)8-15(17)20/h1,3-4,7,12H,2,5-6,8-10H2,(H,21,22)/t12-/m1/s1. The molecule has 1 aromatic carbocycles. The Morgan fingerprint density at radius 1 is 1.27 bits per heavy atom. The minimum absolute atomic E-state index is 0.0691. The molecule has 2 saturated heterocycles. The summed E-state index contributed by atoms with van der Waals surface area (Å²) in [6.07, 6.45) is 1.52. The molecule has 116 valence electrons. The van der Waals surface area contributed by atoms with Crippen LogP contribution in [0.3, 0.4) is 0 Å². The van der Waals surface area contributed by atoms with Gasteiger partial charge in [0.2, 0.25) is 11.8 Å². The molecule has 0 aromatic heterocycles. The molecule has 1 atom stereocenters. The van der Waals surface area contributed by atoms with Crippen molar-refractivity contribution < 1.29 is 19.5 Å². The summed E-state index contributed by atoms with van der Waals surface area (Å²) < 4.78 is 0. The van der Waals surface area contributed by atoms with Crippen molar-refractivity contribution in [2.75, 3.05) is 18.0 Å². The molecule has 6 heteroatoms. The number of nitrogens with zero attached hydrogens (tertiary/aromatic N) is 2. The molecular weight excluding hydrogens is 284 g/mol. The van der Waals surface area contributed by atoms with Crippen LogP contribution in [0.4, 0.5) is 5.69 Å². The van der Waals surface area contributed by atoms with Crippen LogP contribution in [0, 0.1) is 5.92 Å². The van der Waals surface area contributed by atoms with E-state index in [0.717, 1.165) is 24.2 Å². The molecule has 22 heavy (non-hydrogen) atoms. The second-order valence-electron chi connectivity index (χ2n) is 5.83. The van der Waals surface area contributed by atoms with Crippen LogP contribution in [-0.2, 0) is 20.9 Å². The number of hydrogen-bond acceptors (Lipinski definition) is 3. The Bertz CT molecular complexity index is 628. The zero-order chi connectivity index (χ0) is 15.7. The Balaban J connectivity index is 1.72. The van der Waals surface area contributed by atoms with Gasteiger partial charge in [-0.1, -0.05) is 12.1 Å². The van der Waals surface area contributed by atoms with Crippen molar-refractivity contribution in [2.24, 2.45) is 5.92 Å². The predicted octanol–water partition coefficient (Wildman–Crippen LogP) is 1.25. The van der Waals surface area contributed by atoms with E-state index in [-0.39, 0.29) is 24.8 Å². The Labute approximate surface area is 128 Å². The van der Waals surface area contributed by atoms with Crippen LogP contribution in [0.1, 0.15) is 24.8 Å². The molecule has 1 N–H and O–H groups in total. The number of carboxylic acid groups (broad SMARTS) is 1. The molecule has 0 bridgehead atoms. The zero-order valence-corrected chi connectivity index (χ0v) is 12.2. The zero-order valence-electron chi connectivity index (χ0n) is 12.2. The van der Waals surface area contributed by atoms with Crippen molar-refractivity contribution in [1.29, 1.82) is 0 Å². The van der Waals surface area contributed by atoms with E-state index in [1.165, 1.54) is 0 Å². The topological polar surface area (TPSA) is 77.9 Å². The molecule has 1 aromatic rings. The number of likely N-dealkylation sites (tertiary alicyclic amines) is 1. The fourth-order valence-corrected chi connectivity index (χ4v) is 3.05. The fourth-order valence-electron chi connectivity index (χ4n) is 3.05. The summed E-state index contributed by atoms with van der Waals surface area (Å²) in [6, 6.07) is 7.56. The summed E-state index contributed by atoms with van der Waals surface area (Å²) in [7, 11) is 0. The largest absolute Gasteiger partial charge is 0.481 e. The Morgan fingerprint density at radius 2 is 2.09 bits per heavy atom. The normalized spacial score (nSPS) is 21.7. The van der Waals surface area contributed by atoms with Gasteiger partial charge in [0.15, 0.2) is 0 Å². The Morgan fingerprint density at radius 3 is 2.73 bits per heavy atom. The van der Waals surface area contributed by atoms with Gasteiger partial charge in [-0.3, -0.25) is 14.4 Å². The van der Waals surface area contributed by atoms with Crippen molar-refractivity contribution in [3.05, 3.63) is 29.8 Å². The molecule has 0 saturated carbocycles. The third-order valence-corrected chi connectivity index (χ3v) is 4.23. The molecule has 2 heterocycles. The number of amides is 2. The van der Waals surface area contributed by atoms with Gasteiger partial charge in [-0.05, 0) is 24.1 Å². The second kappa shape index (κ2) is 5.79. The number of benzene rings is 1. The van der Waals surface area contributed by atoms with Gasteiger partial charge in [0.25, 0.3) is 0 Å². The van der Waals surface area contributed by atoms with Gasteiger partial charge < -0.3 is 14.9 Å². The molecule has 0 unspecified atom stereocenters. The first kappa shape index (κ1) is 14.6. The first-order chi connectivity index (χ1) is 10.5. The number of carboxylic acids is 1. The maximum absolute atomic E-state index is 11.9. The average Bonchev–Trinajstić information content (AvgIpc) is 3.06. The van der Waals surface area contributed by atoms with Crippen LogP contribution in [-0.4, -0.2) is 40.9 Å². The van der Waals surface area contributed by atoms with Crippen LogP contribution < -0.4 is 4.90 Å². The van der Waals surface area contributed by atoms with Crippen molar-refractivity contribution in [2.45, 2.75) is 25.8 Å². The molecule has 2 fully saturated rings. The lowest BCUT2D eigenvalue weighted by Gasteiger charge is -2.19. The molecule has 2 amide bonds. The lowest BCUT2D eigenvalue weighted by Crippen LogP contribution is -2.26. The molecule has 6 nitrogen and oxygen atoms in total. The number of anilines is 1. The monoisotopic (exact) mass is 302 g/mol. The number of rotatable bonds is 4. The third-order valence-electron chi connectivity index (χ3n) is 4.23. The van der Waals surface area contributed by atoms with Crippen LogP contribution in [0.25, 0.3) is 0 Å². The number of carbonyl (C=O) groups excluding carboxylic acids is 2. The van der Waals surface area contributed by atoms with Crippen LogP contribution in [0.15, 0.2) is 24.3 Å². The van der Waals surface area contributed by atoms with E-state index in [9.17, 15) is 14.4 Å². The third kappa shape index (κ3) is 2.81. The molecule has 0 aliphatic carbocycles. The minimum Gasteiger partial charge on any atom is -0.481 e. The lowest BCUT2D eigenvalue weighted by molar-refractivity contribution is -0.141. The molecule has 3 rings (SSSR count). The van der Waals surface area contributed by atoms with E-state index in [1.54, 1.807) is 9.80 Å². The summed E-state index contributed by atoms with van der Waals surface area (Å²) >= 11 is 0. The lowest BCUT2D eigenvalue weighted by atomic mass is 10.1. The molecule has 0 spiro atoms. The maximum atomic E-state index is 11.9. The number of aliphatic carboxylic acids is 1. The molecule has 2 aliphatic rings. The highest BCUT2D eigenvalue weighted by Gasteiger charge is 2.34. The summed E-state index contributed by atoms with van der Waals surface area (Å²) in [4.78, 5) is 38.0. The number of hydrogen-bond donors (Lipinski definition) is 1. The fraction of sp³-hybridized carbons (Fsp3) is 0.438. The van der Waals surface area contributed by atoms with Crippen molar-refractivity contribution in [1.82, 2.24) is 4.90 Å². The van der Waals surface area contributed by atoms with Gasteiger partial charge in [0, 0.05) is 38.2 Å². The number of carbonyl (C=O) groups is 3. The van der Waals surface area contributed by atoms with Crippen molar-refractivity contribution >= 4 is 23.5 Å². The summed E-state index contributed by atoms with van der Waals surface area (Å²) in [5.74, 6) is -1.54. The van der Waals surface area contributed by atoms with Crippen LogP contribution >= 0.6 is 0 Å². The van der Waals surface area contributed by atoms with Gasteiger partial charge in [-0.25, -0.2) is 0 Å². The van der Waals surface area contributed by atoms with E-state index >= 15 is 0 Å². The van der Waals surface area contributed by atoms with Gasteiger partial charge in [-0.2, -0.15) is 0 Å². The quantitative estimate of drug-likeness (QED) is 0.908. The van der Waals surface area contributed by atoms with Crippen LogP contribution in [0.5, 0.6) is 0 Å². The molecule has 0 radical (unpaired) electrons. The van der Waals surface area contributed by atoms with E-state index in [2.05, 4.69) is 0 Å². The smallest absolute Gasteiger partial charge is 0.308 e. The summed E-state index contributed by atoms with van der Waals surface area (Å²) in [6.45, 7) is 1.37. The Hall–Kier alpha value is -2.37. The van der Waals surface area contributed by atoms with Gasteiger partial charge in [0.1, 0.15) is 0 Å². The van der Waals surface area contributed by atoms with Gasteiger partial charge in [0.05, 0.1) is 5.92 Å².